The molecule has 1 aliphatic carbocycles. The smallest absolute Gasteiger partial charge is 0.339 e. The minimum Gasteiger partial charge on any atom is -0.465 e. The predicted octanol–water partition coefficient (Wildman–Crippen LogP) is 4.00. The van der Waals surface area contributed by atoms with Gasteiger partial charge in [0.15, 0.2) is 0 Å². The van der Waals surface area contributed by atoms with Crippen LogP contribution in [0.25, 0.3) is 11.3 Å². The van der Waals surface area contributed by atoms with Gasteiger partial charge in [0.25, 0.3) is 0 Å². The summed E-state index contributed by atoms with van der Waals surface area (Å²) in [7, 11) is 1.40. The molecule has 2 aromatic rings. The Morgan fingerprint density at radius 2 is 2.11 bits per heavy atom. The molecule has 1 heterocycles. The van der Waals surface area contributed by atoms with Gasteiger partial charge in [-0.05, 0) is 30.4 Å². The number of carbonyl (C=O) groups is 1. The van der Waals surface area contributed by atoms with Crippen LogP contribution in [0.15, 0.2) is 30.5 Å². The molecule has 19 heavy (non-hydrogen) atoms. The molecule has 0 aliphatic heterocycles. The van der Waals surface area contributed by atoms with E-state index in [1.54, 1.807) is 6.20 Å². The van der Waals surface area contributed by atoms with Crippen LogP contribution in [0.3, 0.4) is 0 Å². The normalized spacial score (nSPS) is 14.4. The van der Waals surface area contributed by atoms with E-state index in [2.05, 4.69) is 4.98 Å². The molecule has 1 aliphatic rings. The molecule has 0 saturated heterocycles. The quantitative estimate of drug-likeness (QED) is 0.860. The Morgan fingerprint density at radius 1 is 1.37 bits per heavy atom. The number of aromatic amines is 1. The number of methoxy groups -OCH3 is 1. The molecule has 1 aromatic heterocycles. The highest BCUT2D eigenvalue weighted by Crippen LogP contribution is 2.47. The number of H-pyrrole nitrogens is 1. The topological polar surface area (TPSA) is 42.1 Å². The molecule has 0 amide bonds. The van der Waals surface area contributed by atoms with Crippen molar-refractivity contribution in [2.45, 2.75) is 18.8 Å². The monoisotopic (exact) mass is 275 g/mol. The number of hydrogen-bond acceptors (Lipinski definition) is 2. The van der Waals surface area contributed by atoms with Crippen LogP contribution in [0.4, 0.5) is 0 Å². The number of ether oxygens (including phenoxy) is 1. The second kappa shape index (κ2) is 4.74. The Morgan fingerprint density at radius 3 is 2.74 bits per heavy atom. The summed E-state index contributed by atoms with van der Waals surface area (Å²) in [5.41, 5.74) is 3.54. The first-order valence-electron chi connectivity index (χ1n) is 6.27. The van der Waals surface area contributed by atoms with Crippen molar-refractivity contribution in [2.75, 3.05) is 7.11 Å². The van der Waals surface area contributed by atoms with Crippen LogP contribution in [-0.4, -0.2) is 18.1 Å². The van der Waals surface area contributed by atoms with Crippen molar-refractivity contribution in [3.8, 4) is 11.3 Å². The summed E-state index contributed by atoms with van der Waals surface area (Å²) in [6, 6.07) is 7.65. The molecule has 0 spiro atoms. The highest BCUT2D eigenvalue weighted by Gasteiger charge is 2.33. The van der Waals surface area contributed by atoms with E-state index in [0.717, 1.165) is 29.7 Å². The predicted molar refractivity (Wildman–Crippen MR) is 74.6 cm³/mol. The van der Waals surface area contributed by atoms with Crippen molar-refractivity contribution in [1.82, 2.24) is 4.98 Å². The largest absolute Gasteiger partial charge is 0.465 e. The van der Waals surface area contributed by atoms with E-state index in [-0.39, 0.29) is 5.97 Å². The van der Waals surface area contributed by atoms with E-state index in [4.69, 9.17) is 16.3 Å². The molecule has 3 rings (SSSR count). The minimum atomic E-state index is -0.295. The van der Waals surface area contributed by atoms with Gasteiger partial charge in [0.2, 0.25) is 0 Å². The zero-order valence-electron chi connectivity index (χ0n) is 10.6. The summed E-state index contributed by atoms with van der Waals surface area (Å²) in [4.78, 5) is 15.0. The molecule has 3 nitrogen and oxygen atoms in total. The molecule has 0 atom stereocenters. The average molecular weight is 276 g/mol. The molecular weight excluding hydrogens is 262 g/mol. The lowest BCUT2D eigenvalue weighted by molar-refractivity contribution is 0.0600. The molecule has 1 N–H and O–H groups in total. The van der Waals surface area contributed by atoms with Crippen molar-refractivity contribution >= 4 is 17.6 Å². The van der Waals surface area contributed by atoms with Gasteiger partial charge in [-0.25, -0.2) is 4.79 Å². The number of benzene rings is 1. The summed E-state index contributed by atoms with van der Waals surface area (Å²) in [6.45, 7) is 0. The Kier molecular flexibility index (Phi) is 3.07. The van der Waals surface area contributed by atoms with E-state index in [1.807, 2.05) is 24.3 Å². The molecule has 0 radical (unpaired) electrons. The molecule has 1 aromatic carbocycles. The first-order chi connectivity index (χ1) is 9.22. The minimum absolute atomic E-state index is 0.295. The molecular formula is C15H14ClNO2. The van der Waals surface area contributed by atoms with Gasteiger partial charge in [-0.2, -0.15) is 0 Å². The number of hydrogen-bond donors (Lipinski definition) is 1. The second-order valence-corrected chi connectivity index (χ2v) is 5.14. The lowest BCUT2D eigenvalue weighted by Gasteiger charge is -2.07. The van der Waals surface area contributed by atoms with Crippen LogP contribution in [-0.2, 0) is 4.74 Å². The van der Waals surface area contributed by atoms with E-state index in [0.29, 0.717) is 16.5 Å². The Balaban J connectivity index is 2.15. The summed E-state index contributed by atoms with van der Waals surface area (Å²) in [5.74, 6) is 0.142. The summed E-state index contributed by atoms with van der Waals surface area (Å²) < 4.78 is 4.84. The maximum Gasteiger partial charge on any atom is 0.339 e. The highest BCUT2D eigenvalue weighted by molar-refractivity contribution is 6.33. The third-order valence-corrected chi connectivity index (χ3v) is 3.78. The van der Waals surface area contributed by atoms with Crippen molar-refractivity contribution < 1.29 is 9.53 Å². The van der Waals surface area contributed by atoms with Gasteiger partial charge in [0, 0.05) is 16.8 Å². The van der Waals surface area contributed by atoms with Crippen LogP contribution < -0.4 is 0 Å². The highest BCUT2D eigenvalue weighted by atomic mass is 35.5. The van der Waals surface area contributed by atoms with Gasteiger partial charge < -0.3 is 9.72 Å². The molecule has 1 saturated carbocycles. The van der Waals surface area contributed by atoms with Gasteiger partial charge in [-0.1, -0.05) is 29.8 Å². The van der Waals surface area contributed by atoms with Crippen LogP contribution >= 0.6 is 11.6 Å². The first-order valence-corrected chi connectivity index (χ1v) is 6.64. The van der Waals surface area contributed by atoms with Gasteiger partial charge in [0.1, 0.15) is 0 Å². The number of nitrogens with one attached hydrogen (secondary N) is 1. The number of aromatic nitrogens is 1. The molecule has 1 fully saturated rings. The maximum atomic E-state index is 11.8. The maximum absolute atomic E-state index is 11.8. The van der Waals surface area contributed by atoms with Gasteiger partial charge in [-0.15, -0.1) is 0 Å². The van der Waals surface area contributed by atoms with Crippen molar-refractivity contribution in [3.05, 3.63) is 46.6 Å². The second-order valence-electron chi connectivity index (χ2n) is 4.74. The van der Waals surface area contributed by atoms with Gasteiger partial charge in [-0.3, -0.25) is 0 Å². The third kappa shape index (κ3) is 2.15. The summed E-state index contributed by atoms with van der Waals surface area (Å²) in [6.07, 6.45) is 3.94. The Hall–Kier alpha value is -1.74. The van der Waals surface area contributed by atoms with E-state index >= 15 is 0 Å². The number of carbonyl (C=O) groups excluding carboxylic acids is 1. The fourth-order valence-corrected chi connectivity index (χ4v) is 2.63. The van der Waals surface area contributed by atoms with Gasteiger partial charge >= 0.3 is 5.97 Å². The van der Waals surface area contributed by atoms with Crippen molar-refractivity contribution in [1.29, 1.82) is 0 Å². The zero-order valence-corrected chi connectivity index (χ0v) is 11.3. The standard InChI is InChI=1S/C15H14ClNO2/c1-19-15(18)11-8-17-14(13(11)9-6-7-9)10-4-2-3-5-12(10)16/h2-5,8-9,17H,6-7H2,1H3. The third-order valence-electron chi connectivity index (χ3n) is 3.45. The fraction of sp³-hybridized carbons (Fsp3) is 0.267. The lowest BCUT2D eigenvalue weighted by atomic mass is 10.0. The van der Waals surface area contributed by atoms with Crippen LogP contribution in [0.2, 0.25) is 5.02 Å². The zero-order chi connectivity index (χ0) is 13.4. The van der Waals surface area contributed by atoms with Crippen molar-refractivity contribution in [2.24, 2.45) is 0 Å². The average Bonchev–Trinajstić information content (AvgIpc) is 3.18. The van der Waals surface area contributed by atoms with Crippen molar-refractivity contribution in [3.63, 3.8) is 0 Å². The van der Waals surface area contributed by atoms with Crippen LogP contribution in [0, 0.1) is 0 Å². The fourth-order valence-electron chi connectivity index (χ4n) is 2.40. The first kappa shape index (κ1) is 12.3. The number of rotatable bonds is 3. The van der Waals surface area contributed by atoms with E-state index in [1.165, 1.54) is 7.11 Å². The summed E-state index contributed by atoms with van der Waals surface area (Å²) >= 11 is 6.24. The van der Waals surface area contributed by atoms with Gasteiger partial charge in [0.05, 0.1) is 18.4 Å². The molecule has 0 bridgehead atoms. The lowest BCUT2D eigenvalue weighted by Crippen LogP contribution is -2.02. The van der Waals surface area contributed by atoms with E-state index < -0.39 is 0 Å². The Labute approximate surface area is 116 Å². The molecule has 0 unspecified atom stereocenters. The summed E-state index contributed by atoms with van der Waals surface area (Å²) in [5, 5.41) is 0.683. The number of esters is 1. The molecule has 4 heteroatoms. The Bertz CT molecular complexity index is 629. The van der Waals surface area contributed by atoms with Crippen LogP contribution in [0.1, 0.15) is 34.7 Å². The van der Waals surface area contributed by atoms with Crippen LogP contribution in [0.5, 0.6) is 0 Å². The SMILES string of the molecule is COC(=O)c1c[nH]c(-c2ccccc2Cl)c1C1CC1. The van der Waals surface area contributed by atoms with E-state index in [9.17, 15) is 4.79 Å². The number of halogens is 1. The molecule has 98 valence electrons.